The predicted octanol–water partition coefficient (Wildman–Crippen LogP) is 4.00. The van der Waals surface area contributed by atoms with Crippen LogP contribution < -0.4 is 10.1 Å². The molecule has 3 amide bonds. The van der Waals surface area contributed by atoms with Gasteiger partial charge in [-0.15, -0.1) is 0 Å². The van der Waals surface area contributed by atoms with Crippen molar-refractivity contribution in [1.82, 2.24) is 4.90 Å². The largest absolute Gasteiger partial charge is 0.491 e. The van der Waals surface area contributed by atoms with Gasteiger partial charge < -0.3 is 10.1 Å². The third kappa shape index (κ3) is 4.76. The number of likely N-dealkylation sites (tertiary alicyclic amines) is 1. The van der Waals surface area contributed by atoms with E-state index in [-0.39, 0.29) is 54.7 Å². The van der Waals surface area contributed by atoms with Crippen LogP contribution in [0.4, 0.5) is 18.9 Å². The number of amides is 3. The molecule has 2 aliphatic rings. The van der Waals surface area contributed by atoms with E-state index in [1.807, 2.05) is 6.92 Å². The molecule has 2 fully saturated rings. The Kier molecular flexibility index (Phi) is 6.67. The van der Waals surface area contributed by atoms with Crippen LogP contribution in [0.15, 0.2) is 18.2 Å². The number of imide groups is 1. The summed E-state index contributed by atoms with van der Waals surface area (Å²) < 4.78 is 44.5. The highest BCUT2D eigenvalue weighted by atomic mass is 19.4. The van der Waals surface area contributed by atoms with E-state index in [4.69, 9.17) is 4.74 Å². The first kappa shape index (κ1) is 22.1. The van der Waals surface area contributed by atoms with Crippen LogP contribution in [0, 0.1) is 11.8 Å². The maximum Gasteiger partial charge on any atom is 0.416 e. The van der Waals surface area contributed by atoms with Gasteiger partial charge in [0.2, 0.25) is 17.7 Å². The summed E-state index contributed by atoms with van der Waals surface area (Å²) in [7, 11) is 0. The van der Waals surface area contributed by atoms with Crippen LogP contribution in [0.5, 0.6) is 5.75 Å². The Morgan fingerprint density at radius 1 is 1.17 bits per heavy atom. The van der Waals surface area contributed by atoms with E-state index in [0.717, 1.165) is 29.9 Å². The molecule has 0 aromatic heterocycles. The number of rotatable bonds is 7. The Hall–Kier alpha value is -2.58. The minimum absolute atomic E-state index is 0.0827. The number of hydrogen-bond acceptors (Lipinski definition) is 4. The predicted molar refractivity (Wildman–Crippen MR) is 103 cm³/mol. The quantitative estimate of drug-likeness (QED) is 0.669. The van der Waals surface area contributed by atoms with Crippen LogP contribution in [0.3, 0.4) is 0 Å². The smallest absolute Gasteiger partial charge is 0.416 e. The lowest BCUT2D eigenvalue weighted by Crippen LogP contribution is -2.34. The highest BCUT2D eigenvalue weighted by molar-refractivity contribution is 6.05. The average Bonchev–Trinajstić information content (AvgIpc) is 2.95. The topological polar surface area (TPSA) is 75.7 Å². The third-order valence-electron chi connectivity index (χ3n) is 5.54. The number of ether oxygens (including phenoxy) is 1. The summed E-state index contributed by atoms with van der Waals surface area (Å²) in [6.45, 7) is 2.05. The molecule has 1 aromatic rings. The van der Waals surface area contributed by atoms with E-state index in [1.54, 1.807) is 0 Å². The fourth-order valence-corrected chi connectivity index (χ4v) is 4.02. The molecule has 2 unspecified atom stereocenters. The Labute approximate surface area is 172 Å². The molecule has 0 spiro atoms. The molecule has 3 rings (SSSR count). The average molecular weight is 426 g/mol. The molecule has 30 heavy (non-hydrogen) atoms. The first-order chi connectivity index (χ1) is 14.2. The minimum atomic E-state index is -4.56. The van der Waals surface area contributed by atoms with Crippen molar-refractivity contribution >= 4 is 23.4 Å². The van der Waals surface area contributed by atoms with Crippen molar-refractivity contribution in [3.05, 3.63) is 23.8 Å². The number of fused-ring (bicyclic) bond motifs is 1. The van der Waals surface area contributed by atoms with E-state index >= 15 is 0 Å². The van der Waals surface area contributed by atoms with Gasteiger partial charge in [0.1, 0.15) is 5.75 Å². The Bertz CT molecular complexity index is 801. The maximum atomic E-state index is 13.0. The molecule has 9 heteroatoms. The van der Waals surface area contributed by atoms with Crippen LogP contribution in [0.1, 0.15) is 51.0 Å². The Morgan fingerprint density at radius 3 is 2.37 bits per heavy atom. The van der Waals surface area contributed by atoms with E-state index < -0.39 is 17.6 Å². The molecule has 0 radical (unpaired) electrons. The molecular formula is C21H25F3N2O4. The van der Waals surface area contributed by atoms with Gasteiger partial charge in [-0.05, 0) is 37.5 Å². The molecule has 0 bridgehead atoms. The second-order valence-corrected chi connectivity index (χ2v) is 7.68. The summed E-state index contributed by atoms with van der Waals surface area (Å²) in [4.78, 5) is 38.5. The van der Waals surface area contributed by atoms with Gasteiger partial charge in [-0.25, -0.2) is 0 Å². The zero-order valence-electron chi connectivity index (χ0n) is 16.8. The van der Waals surface area contributed by atoms with Crippen molar-refractivity contribution < 1.29 is 32.3 Å². The number of alkyl halides is 3. The number of nitrogens with one attached hydrogen (secondary N) is 1. The first-order valence-electron chi connectivity index (χ1n) is 10.2. The first-order valence-corrected chi connectivity index (χ1v) is 10.2. The second-order valence-electron chi connectivity index (χ2n) is 7.68. The van der Waals surface area contributed by atoms with E-state index in [2.05, 4.69) is 5.32 Å². The molecule has 1 saturated heterocycles. The lowest BCUT2D eigenvalue weighted by molar-refractivity contribution is -0.140. The molecule has 1 aromatic carbocycles. The van der Waals surface area contributed by atoms with Gasteiger partial charge in [-0.3, -0.25) is 19.3 Å². The molecule has 1 heterocycles. The van der Waals surface area contributed by atoms with Gasteiger partial charge in [-0.2, -0.15) is 13.2 Å². The van der Waals surface area contributed by atoms with Crippen molar-refractivity contribution in [2.45, 2.75) is 51.6 Å². The lowest BCUT2D eigenvalue weighted by atomic mass is 9.81. The van der Waals surface area contributed by atoms with Crippen LogP contribution in [0.2, 0.25) is 0 Å². The minimum Gasteiger partial charge on any atom is -0.491 e. The standard InChI is InChI=1S/C21H25F3N2O4/c1-2-11-30-17-8-7-13(21(22,23)24)12-16(17)25-18(27)9-10-26-19(28)14-5-3-4-6-15(14)20(26)29/h7-8,12,14-15H,2-6,9-11H2,1H3,(H,25,27). The summed E-state index contributed by atoms with van der Waals surface area (Å²) in [6, 6.07) is 2.89. The van der Waals surface area contributed by atoms with Crippen molar-refractivity contribution in [1.29, 1.82) is 0 Å². The number of anilines is 1. The number of hydrogen-bond donors (Lipinski definition) is 1. The second kappa shape index (κ2) is 9.06. The van der Waals surface area contributed by atoms with Gasteiger partial charge in [0.05, 0.1) is 29.7 Å². The van der Waals surface area contributed by atoms with E-state index in [9.17, 15) is 27.6 Å². The van der Waals surface area contributed by atoms with Gasteiger partial charge in [0.25, 0.3) is 0 Å². The van der Waals surface area contributed by atoms with Gasteiger partial charge in [0, 0.05) is 13.0 Å². The van der Waals surface area contributed by atoms with E-state index in [0.29, 0.717) is 19.3 Å². The van der Waals surface area contributed by atoms with Gasteiger partial charge >= 0.3 is 6.18 Å². The van der Waals surface area contributed by atoms with Gasteiger partial charge in [-0.1, -0.05) is 19.8 Å². The van der Waals surface area contributed by atoms with E-state index in [1.165, 1.54) is 6.07 Å². The zero-order chi connectivity index (χ0) is 21.9. The molecule has 164 valence electrons. The SMILES string of the molecule is CCCOc1ccc(C(F)(F)F)cc1NC(=O)CCN1C(=O)C2CCCCC2C1=O. The molecule has 1 N–H and O–H groups in total. The summed E-state index contributed by atoms with van der Waals surface area (Å²) in [5.74, 6) is -1.55. The molecule has 1 aliphatic heterocycles. The number of carbonyl (C=O) groups is 3. The highest BCUT2D eigenvalue weighted by Crippen LogP contribution is 2.38. The fourth-order valence-electron chi connectivity index (χ4n) is 4.02. The van der Waals surface area contributed by atoms with Crippen molar-refractivity contribution in [2.75, 3.05) is 18.5 Å². The van der Waals surface area contributed by atoms with Crippen molar-refractivity contribution in [3.8, 4) is 5.75 Å². The number of halogens is 3. The summed E-state index contributed by atoms with van der Waals surface area (Å²) in [5, 5.41) is 2.44. The maximum absolute atomic E-state index is 13.0. The molecule has 1 aliphatic carbocycles. The third-order valence-corrected chi connectivity index (χ3v) is 5.54. The fraction of sp³-hybridized carbons (Fsp3) is 0.571. The normalized spacial score (nSPS) is 21.5. The molecule has 1 saturated carbocycles. The summed E-state index contributed by atoms with van der Waals surface area (Å²) in [6.07, 6.45) is -0.931. The van der Waals surface area contributed by atoms with Crippen LogP contribution in [-0.4, -0.2) is 35.8 Å². The van der Waals surface area contributed by atoms with Crippen LogP contribution >= 0.6 is 0 Å². The number of benzene rings is 1. The van der Waals surface area contributed by atoms with Crippen LogP contribution in [0.25, 0.3) is 0 Å². The number of nitrogens with zero attached hydrogens (tertiary/aromatic N) is 1. The van der Waals surface area contributed by atoms with Gasteiger partial charge in [0.15, 0.2) is 0 Å². The number of carbonyl (C=O) groups excluding carboxylic acids is 3. The summed E-state index contributed by atoms with van der Waals surface area (Å²) in [5.41, 5.74) is -0.994. The van der Waals surface area contributed by atoms with Crippen molar-refractivity contribution in [2.24, 2.45) is 11.8 Å². The van der Waals surface area contributed by atoms with Crippen LogP contribution in [-0.2, 0) is 20.6 Å². The molecule has 2 atom stereocenters. The highest BCUT2D eigenvalue weighted by Gasteiger charge is 2.47. The Morgan fingerprint density at radius 2 is 1.80 bits per heavy atom. The summed E-state index contributed by atoms with van der Waals surface area (Å²) >= 11 is 0. The van der Waals surface area contributed by atoms with Crippen molar-refractivity contribution in [3.63, 3.8) is 0 Å². The Balaban J connectivity index is 1.66. The monoisotopic (exact) mass is 426 g/mol. The molecular weight excluding hydrogens is 401 g/mol. The lowest BCUT2D eigenvalue weighted by Gasteiger charge is -2.19. The zero-order valence-corrected chi connectivity index (χ0v) is 16.8. The molecule has 6 nitrogen and oxygen atoms in total.